The van der Waals surface area contributed by atoms with E-state index in [4.69, 9.17) is 26.3 Å². The van der Waals surface area contributed by atoms with Gasteiger partial charge >= 0.3 is 23.8 Å². The number of aromatic amines is 1. The number of H-pyrrole nitrogens is 1. The third kappa shape index (κ3) is 10.5. The number of benzene rings is 4. The van der Waals surface area contributed by atoms with E-state index in [9.17, 15) is 43.0 Å². The van der Waals surface area contributed by atoms with Crippen LogP contribution in [-0.2, 0) is 29.1 Å². The number of aromatic nitrogens is 5. The number of carbonyl (C=O) groups is 2. The van der Waals surface area contributed by atoms with Gasteiger partial charge in [-0.1, -0.05) is 61.8 Å². The van der Waals surface area contributed by atoms with Crippen molar-refractivity contribution in [2.45, 2.75) is 77.2 Å². The average Bonchev–Trinajstić information content (AvgIpc) is 4.04. The van der Waals surface area contributed by atoms with Crippen LogP contribution >= 0.6 is 11.6 Å². The van der Waals surface area contributed by atoms with Gasteiger partial charge in [-0.2, -0.15) is 33.5 Å². The molecule has 0 unspecified atom stereocenters. The highest BCUT2D eigenvalue weighted by atomic mass is 35.5. The fourth-order valence-electron chi connectivity index (χ4n) is 11.1. The highest BCUT2D eigenvalue weighted by Crippen LogP contribution is 2.40. The predicted octanol–water partition coefficient (Wildman–Crippen LogP) is 7.55. The molecule has 10 rings (SSSR count). The normalized spacial score (nSPS) is 18.7. The van der Waals surface area contributed by atoms with Crippen LogP contribution in [0.25, 0.3) is 27.8 Å². The van der Waals surface area contributed by atoms with Gasteiger partial charge in [0.1, 0.15) is 17.3 Å². The minimum absolute atomic E-state index is 0.00429. The van der Waals surface area contributed by atoms with Gasteiger partial charge in [0.25, 0.3) is 0 Å². The number of anilines is 2. The molecule has 0 saturated carbocycles. The standard InChI is InChI=1S/C54H57ClF3N11O6/c1-32(2)40-25-41(46(71)26-45(40)70)49-62-63-53(74)69(49)37-11-9-33(10-12-37)27-64-19-15-36(16-20-64)50(72)67-21-14-34(28-67)31-75-52-60-43-30-65(44-8-4-6-35-5-3-7-42(55)47(35)44)22-17-39(43)48(61-52)66-23-24-68(38(29-66)13-18-59)51(73)54(56,57)58/h3-12,25-26,32,34,36,38,70-71H,13-17,19-24,27-31H2,1-2H3,(H,63,74)/t34-,38+/m1/s1. The Labute approximate surface area is 435 Å². The van der Waals surface area contributed by atoms with Crippen LogP contribution in [0.4, 0.5) is 24.7 Å². The van der Waals surface area contributed by atoms with Crippen LogP contribution in [0.3, 0.4) is 0 Å². The molecule has 0 bridgehead atoms. The highest BCUT2D eigenvalue weighted by molar-refractivity contribution is 6.36. The first-order valence-electron chi connectivity index (χ1n) is 25.3. The van der Waals surface area contributed by atoms with Crippen molar-refractivity contribution >= 4 is 45.7 Å². The molecule has 4 aromatic carbocycles. The van der Waals surface area contributed by atoms with Crippen molar-refractivity contribution in [2.75, 3.05) is 68.8 Å². The van der Waals surface area contributed by atoms with Gasteiger partial charge < -0.3 is 34.5 Å². The number of carbonyl (C=O) groups excluding carboxylic acids is 2. The van der Waals surface area contributed by atoms with Crippen molar-refractivity contribution in [1.29, 1.82) is 5.26 Å². The van der Waals surface area contributed by atoms with Crippen LogP contribution in [0.5, 0.6) is 17.5 Å². The number of ether oxygens (including phenoxy) is 1. The van der Waals surface area contributed by atoms with E-state index in [-0.39, 0.29) is 79.7 Å². The topological polar surface area (TPSA) is 200 Å². The largest absolute Gasteiger partial charge is 0.508 e. The van der Waals surface area contributed by atoms with E-state index in [2.05, 4.69) is 20.0 Å². The van der Waals surface area contributed by atoms with Crippen LogP contribution in [0.15, 0.2) is 77.6 Å². The summed E-state index contributed by atoms with van der Waals surface area (Å²) in [4.78, 5) is 58.2. The van der Waals surface area contributed by atoms with E-state index < -0.39 is 23.8 Å². The molecule has 3 fully saturated rings. The molecule has 6 heterocycles. The Bertz CT molecular complexity index is 3220. The van der Waals surface area contributed by atoms with E-state index in [0.717, 1.165) is 52.0 Å². The minimum Gasteiger partial charge on any atom is -0.508 e. The Balaban J connectivity index is 0.778. The second-order valence-corrected chi connectivity index (χ2v) is 20.6. The number of nitrogens with zero attached hydrogens (tertiary/aromatic N) is 10. The molecule has 4 aliphatic rings. The van der Waals surface area contributed by atoms with Crippen LogP contribution < -0.4 is 20.2 Å². The Morgan fingerprint density at radius 1 is 0.920 bits per heavy atom. The molecule has 17 nitrogen and oxygen atoms in total. The van der Waals surface area contributed by atoms with E-state index in [1.807, 2.05) is 90.4 Å². The number of piperazine rings is 1. The van der Waals surface area contributed by atoms with Gasteiger partial charge in [-0.25, -0.2) is 14.5 Å². The number of amides is 2. The molecule has 2 aromatic heterocycles. The van der Waals surface area contributed by atoms with Crippen molar-refractivity contribution < 1.29 is 37.7 Å². The number of piperidine rings is 1. The lowest BCUT2D eigenvalue weighted by Crippen LogP contribution is -2.58. The molecule has 0 aliphatic carbocycles. The molecule has 2 atom stereocenters. The molecule has 3 N–H and O–H groups in total. The Hall–Kier alpha value is -7.37. The fourth-order valence-corrected chi connectivity index (χ4v) is 11.4. The molecule has 4 aliphatic heterocycles. The second kappa shape index (κ2) is 21.1. The summed E-state index contributed by atoms with van der Waals surface area (Å²) >= 11 is 6.75. The summed E-state index contributed by atoms with van der Waals surface area (Å²) in [6, 6.07) is 23.3. The predicted molar refractivity (Wildman–Crippen MR) is 275 cm³/mol. The highest BCUT2D eigenvalue weighted by Gasteiger charge is 2.46. The maximum absolute atomic E-state index is 14.0. The van der Waals surface area contributed by atoms with Crippen LogP contribution in [0.2, 0.25) is 5.02 Å². The first-order valence-corrected chi connectivity index (χ1v) is 25.7. The Morgan fingerprint density at radius 2 is 1.68 bits per heavy atom. The molecule has 21 heteroatoms. The molecule has 3 saturated heterocycles. The third-order valence-corrected chi connectivity index (χ3v) is 15.4. The number of phenols is 2. The third-order valence-electron chi connectivity index (χ3n) is 15.1. The molecular weight excluding hydrogens is 991 g/mol. The smallest absolute Gasteiger partial charge is 0.471 e. The van der Waals surface area contributed by atoms with Gasteiger partial charge in [-0.15, -0.1) is 0 Å². The van der Waals surface area contributed by atoms with Crippen molar-refractivity contribution in [3.05, 3.63) is 111 Å². The number of halogens is 4. The number of phenolic OH excluding ortho intramolecular Hbond substituents is 2. The second-order valence-electron chi connectivity index (χ2n) is 20.2. The van der Waals surface area contributed by atoms with Gasteiger partial charge in [0, 0.05) is 80.4 Å². The van der Waals surface area contributed by atoms with Crippen molar-refractivity contribution in [3.63, 3.8) is 0 Å². The van der Waals surface area contributed by atoms with E-state index in [0.29, 0.717) is 85.3 Å². The van der Waals surface area contributed by atoms with Crippen LogP contribution in [0, 0.1) is 23.2 Å². The summed E-state index contributed by atoms with van der Waals surface area (Å²) in [5.74, 6) is -1.49. The number of likely N-dealkylation sites (tertiary alicyclic amines) is 2. The van der Waals surface area contributed by atoms with E-state index in [1.54, 1.807) is 6.07 Å². The fraction of sp³-hybridized carbons (Fsp3) is 0.426. The number of alkyl halides is 3. The summed E-state index contributed by atoms with van der Waals surface area (Å²) < 4.78 is 48.7. The summed E-state index contributed by atoms with van der Waals surface area (Å²) in [5.41, 5.74) is 4.50. The number of nitriles is 1. The minimum atomic E-state index is -5.07. The summed E-state index contributed by atoms with van der Waals surface area (Å²) in [7, 11) is 0. The molecule has 2 amide bonds. The Morgan fingerprint density at radius 3 is 2.41 bits per heavy atom. The maximum Gasteiger partial charge on any atom is 0.471 e. The monoisotopic (exact) mass is 1050 g/mol. The van der Waals surface area contributed by atoms with E-state index >= 15 is 0 Å². The number of hydrogen-bond acceptors (Lipinski definition) is 13. The molecular formula is C54H57ClF3N11O6. The lowest BCUT2D eigenvalue weighted by molar-refractivity contribution is -0.188. The zero-order chi connectivity index (χ0) is 52.7. The molecule has 392 valence electrons. The van der Waals surface area contributed by atoms with Crippen molar-refractivity contribution in [1.82, 2.24) is 39.4 Å². The summed E-state index contributed by atoms with van der Waals surface area (Å²) in [5, 5.41) is 39.9. The number of rotatable bonds is 12. The van der Waals surface area contributed by atoms with Crippen molar-refractivity contribution in [2.24, 2.45) is 11.8 Å². The zero-order valence-electron chi connectivity index (χ0n) is 41.6. The lowest BCUT2D eigenvalue weighted by Gasteiger charge is -2.42. The molecule has 75 heavy (non-hydrogen) atoms. The first-order chi connectivity index (χ1) is 36.0. The van der Waals surface area contributed by atoms with Crippen LogP contribution in [0.1, 0.15) is 67.8 Å². The molecule has 0 radical (unpaired) electrons. The number of fused-ring (bicyclic) bond motifs is 2. The van der Waals surface area contributed by atoms with Crippen LogP contribution in [-0.4, -0.2) is 133 Å². The van der Waals surface area contributed by atoms with Gasteiger partial charge in [0.15, 0.2) is 5.82 Å². The number of hydrogen-bond donors (Lipinski definition) is 3. The molecule has 0 spiro atoms. The number of nitrogens with one attached hydrogen (secondary N) is 1. The lowest BCUT2D eigenvalue weighted by atomic mass is 9.95. The summed E-state index contributed by atoms with van der Waals surface area (Å²) in [6.45, 7) is 8.05. The molecule has 6 aromatic rings. The van der Waals surface area contributed by atoms with Gasteiger partial charge in [-0.05, 0) is 91.5 Å². The van der Waals surface area contributed by atoms with Gasteiger partial charge in [-0.3, -0.25) is 14.5 Å². The zero-order valence-corrected chi connectivity index (χ0v) is 42.3. The summed E-state index contributed by atoms with van der Waals surface area (Å²) in [6.07, 6.45) is -2.71. The first kappa shape index (κ1) is 51.1. The SMILES string of the molecule is CC(C)c1cc(-c2n[nH]c(=O)n2-c2ccc(CN3CCC(C(=O)N4CC[C@@H](COc5nc6c(c(N7CCN(C(=O)C(F)(F)F)[C@@H](CC#N)C7)n5)CCN(c5cccc7cccc(Cl)c57)C6)C4)CC3)cc2)c(O)cc1O. The quantitative estimate of drug-likeness (QED) is 0.109. The van der Waals surface area contributed by atoms with Gasteiger partial charge in [0.2, 0.25) is 5.91 Å². The maximum atomic E-state index is 14.0. The Kier molecular flexibility index (Phi) is 14.4. The average molecular weight is 1050 g/mol. The van der Waals surface area contributed by atoms with Gasteiger partial charge in [0.05, 0.1) is 53.7 Å². The van der Waals surface area contributed by atoms with Crippen molar-refractivity contribution in [3.8, 4) is 40.7 Å². The van der Waals surface area contributed by atoms with E-state index in [1.165, 1.54) is 10.6 Å². The number of aromatic hydroxyl groups is 2.